The molecule has 2 nitrogen and oxygen atoms in total. The highest BCUT2D eigenvalue weighted by Crippen LogP contribution is 2.35. The van der Waals surface area contributed by atoms with Crippen LogP contribution >= 0.6 is 0 Å². The maximum Gasteiger partial charge on any atom is 0.122 e. The van der Waals surface area contributed by atoms with E-state index < -0.39 is 0 Å². The average Bonchev–Trinajstić information content (AvgIpc) is 2.70. The minimum Gasteiger partial charge on any atom is -0.493 e. The van der Waals surface area contributed by atoms with Crippen LogP contribution in [0.25, 0.3) is 0 Å². The SMILES string of the molecule is CCCC(C)COc1cccc2c1CCC2N. The summed E-state index contributed by atoms with van der Waals surface area (Å²) in [5, 5.41) is 0. The molecule has 2 atom stereocenters. The monoisotopic (exact) mass is 233 g/mol. The van der Waals surface area contributed by atoms with Gasteiger partial charge in [-0.2, -0.15) is 0 Å². The van der Waals surface area contributed by atoms with Crippen LogP contribution in [-0.2, 0) is 6.42 Å². The molecule has 1 aliphatic rings. The number of ether oxygens (including phenoxy) is 1. The first-order chi connectivity index (χ1) is 8.22. The fourth-order valence-corrected chi connectivity index (χ4v) is 2.60. The van der Waals surface area contributed by atoms with Crippen molar-refractivity contribution in [2.24, 2.45) is 11.7 Å². The van der Waals surface area contributed by atoms with E-state index in [2.05, 4.69) is 32.0 Å². The van der Waals surface area contributed by atoms with E-state index in [4.69, 9.17) is 10.5 Å². The molecule has 94 valence electrons. The maximum absolute atomic E-state index is 6.06. The first-order valence-corrected chi connectivity index (χ1v) is 6.72. The lowest BCUT2D eigenvalue weighted by Gasteiger charge is -2.15. The molecule has 0 aliphatic heterocycles. The van der Waals surface area contributed by atoms with Crippen LogP contribution in [0.3, 0.4) is 0 Å². The average molecular weight is 233 g/mol. The van der Waals surface area contributed by atoms with Gasteiger partial charge in [-0.3, -0.25) is 0 Å². The zero-order valence-electron chi connectivity index (χ0n) is 10.9. The van der Waals surface area contributed by atoms with E-state index in [-0.39, 0.29) is 6.04 Å². The van der Waals surface area contributed by atoms with Crippen molar-refractivity contribution in [3.63, 3.8) is 0 Å². The van der Waals surface area contributed by atoms with E-state index >= 15 is 0 Å². The molecule has 17 heavy (non-hydrogen) atoms. The van der Waals surface area contributed by atoms with Gasteiger partial charge < -0.3 is 10.5 Å². The summed E-state index contributed by atoms with van der Waals surface area (Å²) < 4.78 is 5.96. The number of benzene rings is 1. The van der Waals surface area contributed by atoms with Gasteiger partial charge in [-0.05, 0) is 42.4 Å². The highest BCUT2D eigenvalue weighted by Gasteiger charge is 2.22. The molecule has 2 N–H and O–H groups in total. The van der Waals surface area contributed by atoms with Crippen molar-refractivity contribution in [2.75, 3.05) is 6.61 Å². The van der Waals surface area contributed by atoms with Crippen molar-refractivity contribution in [3.05, 3.63) is 29.3 Å². The molecule has 1 aliphatic carbocycles. The van der Waals surface area contributed by atoms with E-state index in [1.165, 1.54) is 24.0 Å². The van der Waals surface area contributed by atoms with Crippen molar-refractivity contribution < 1.29 is 4.74 Å². The van der Waals surface area contributed by atoms with Gasteiger partial charge in [0.25, 0.3) is 0 Å². The van der Waals surface area contributed by atoms with Crippen molar-refractivity contribution in [1.29, 1.82) is 0 Å². The normalized spacial score (nSPS) is 20.1. The zero-order valence-corrected chi connectivity index (χ0v) is 10.9. The summed E-state index contributed by atoms with van der Waals surface area (Å²) in [5.41, 5.74) is 8.68. The van der Waals surface area contributed by atoms with E-state index in [9.17, 15) is 0 Å². The Morgan fingerprint density at radius 1 is 1.47 bits per heavy atom. The van der Waals surface area contributed by atoms with E-state index in [1.807, 2.05) is 0 Å². The lowest BCUT2D eigenvalue weighted by molar-refractivity contribution is 0.249. The number of rotatable bonds is 5. The summed E-state index contributed by atoms with van der Waals surface area (Å²) in [7, 11) is 0. The predicted octanol–water partition coefficient (Wildman–Crippen LogP) is 3.45. The first-order valence-electron chi connectivity index (χ1n) is 6.72. The number of fused-ring (bicyclic) bond motifs is 1. The molecule has 2 unspecified atom stereocenters. The number of hydrogen-bond acceptors (Lipinski definition) is 2. The molecule has 0 saturated carbocycles. The van der Waals surface area contributed by atoms with Gasteiger partial charge in [0.2, 0.25) is 0 Å². The zero-order chi connectivity index (χ0) is 12.3. The molecule has 0 saturated heterocycles. The summed E-state index contributed by atoms with van der Waals surface area (Å²) in [5.74, 6) is 1.68. The smallest absolute Gasteiger partial charge is 0.122 e. The van der Waals surface area contributed by atoms with Gasteiger partial charge in [-0.15, -0.1) is 0 Å². The van der Waals surface area contributed by atoms with Gasteiger partial charge in [-0.1, -0.05) is 32.4 Å². The lowest BCUT2D eigenvalue weighted by atomic mass is 10.1. The topological polar surface area (TPSA) is 35.2 Å². The Kier molecular flexibility index (Phi) is 4.06. The molecule has 2 rings (SSSR count). The van der Waals surface area contributed by atoms with Crippen molar-refractivity contribution in [2.45, 2.75) is 45.6 Å². The van der Waals surface area contributed by atoms with Crippen LogP contribution in [0, 0.1) is 5.92 Å². The second-order valence-corrected chi connectivity index (χ2v) is 5.17. The number of nitrogens with two attached hydrogens (primary N) is 1. The molecule has 0 heterocycles. The Morgan fingerprint density at radius 3 is 3.06 bits per heavy atom. The Hall–Kier alpha value is -1.02. The largest absolute Gasteiger partial charge is 0.493 e. The van der Waals surface area contributed by atoms with Crippen LogP contribution in [-0.4, -0.2) is 6.61 Å². The quantitative estimate of drug-likeness (QED) is 0.845. The summed E-state index contributed by atoms with van der Waals surface area (Å²) >= 11 is 0. The molecule has 1 aromatic carbocycles. The summed E-state index contributed by atoms with van der Waals surface area (Å²) in [6, 6.07) is 6.48. The van der Waals surface area contributed by atoms with Gasteiger partial charge in [0.1, 0.15) is 5.75 Å². The Bertz CT molecular complexity index is 375. The summed E-state index contributed by atoms with van der Waals surface area (Å²) in [6.07, 6.45) is 4.58. The van der Waals surface area contributed by atoms with Crippen LogP contribution in [0.15, 0.2) is 18.2 Å². The lowest BCUT2D eigenvalue weighted by Crippen LogP contribution is -2.09. The van der Waals surface area contributed by atoms with Crippen molar-refractivity contribution in [1.82, 2.24) is 0 Å². The van der Waals surface area contributed by atoms with Crippen molar-refractivity contribution in [3.8, 4) is 5.75 Å². The van der Waals surface area contributed by atoms with Gasteiger partial charge in [0.15, 0.2) is 0 Å². The van der Waals surface area contributed by atoms with Gasteiger partial charge >= 0.3 is 0 Å². The highest BCUT2D eigenvalue weighted by molar-refractivity contribution is 5.44. The summed E-state index contributed by atoms with van der Waals surface area (Å²) in [6.45, 7) is 5.29. The molecule has 1 aromatic rings. The molecule has 0 spiro atoms. The molecule has 0 bridgehead atoms. The van der Waals surface area contributed by atoms with Crippen LogP contribution in [0.5, 0.6) is 5.75 Å². The fraction of sp³-hybridized carbons (Fsp3) is 0.600. The van der Waals surface area contributed by atoms with Crippen LogP contribution in [0.4, 0.5) is 0 Å². The predicted molar refractivity (Wildman–Crippen MR) is 71.3 cm³/mol. The first kappa shape index (κ1) is 12.4. The van der Waals surface area contributed by atoms with E-state index in [0.717, 1.165) is 25.2 Å². The van der Waals surface area contributed by atoms with Gasteiger partial charge in [-0.25, -0.2) is 0 Å². The Morgan fingerprint density at radius 2 is 2.29 bits per heavy atom. The molecular formula is C15H23NO. The van der Waals surface area contributed by atoms with E-state index in [0.29, 0.717) is 5.92 Å². The number of hydrogen-bond donors (Lipinski definition) is 1. The van der Waals surface area contributed by atoms with Crippen molar-refractivity contribution >= 4 is 0 Å². The minimum absolute atomic E-state index is 0.210. The van der Waals surface area contributed by atoms with Gasteiger partial charge in [0.05, 0.1) is 6.61 Å². The summed E-state index contributed by atoms with van der Waals surface area (Å²) in [4.78, 5) is 0. The van der Waals surface area contributed by atoms with Crippen LogP contribution < -0.4 is 10.5 Å². The molecular weight excluding hydrogens is 210 g/mol. The fourth-order valence-electron chi connectivity index (χ4n) is 2.60. The minimum atomic E-state index is 0.210. The standard InChI is InChI=1S/C15H23NO/c1-3-5-11(2)10-17-15-7-4-6-12-13(15)8-9-14(12)16/h4,6-7,11,14H,3,5,8-10,16H2,1-2H3. The molecule has 0 amide bonds. The van der Waals surface area contributed by atoms with Crippen LogP contribution in [0.1, 0.15) is 50.3 Å². The molecule has 0 fully saturated rings. The third-order valence-corrected chi connectivity index (χ3v) is 3.58. The third-order valence-electron chi connectivity index (χ3n) is 3.58. The molecule has 0 aromatic heterocycles. The highest BCUT2D eigenvalue weighted by atomic mass is 16.5. The second-order valence-electron chi connectivity index (χ2n) is 5.17. The molecule has 0 radical (unpaired) electrons. The Labute approximate surface area is 104 Å². The molecule has 2 heteroatoms. The maximum atomic E-state index is 6.06. The van der Waals surface area contributed by atoms with E-state index in [1.54, 1.807) is 0 Å². The van der Waals surface area contributed by atoms with Crippen LogP contribution in [0.2, 0.25) is 0 Å². The third kappa shape index (κ3) is 2.81. The Balaban J connectivity index is 2.02. The second kappa shape index (κ2) is 5.54. The van der Waals surface area contributed by atoms with Gasteiger partial charge in [0, 0.05) is 6.04 Å².